The van der Waals surface area contributed by atoms with Gasteiger partial charge in [0.25, 0.3) is 0 Å². The van der Waals surface area contributed by atoms with Gasteiger partial charge in [-0.15, -0.1) is 11.8 Å². The lowest BCUT2D eigenvalue weighted by atomic mass is 9.92. The summed E-state index contributed by atoms with van der Waals surface area (Å²) in [6.07, 6.45) is 9.43. The predicted octanol–water partition coefficient (Wildman–Crippen LogP) is 10.3. The Hall–Kier alpha value is -5.01. The van der Waals surface area contributed by atoms with E-state index in [1.807, 2.05) is 79.4 Å². The predicted molar refractivity (Wildman–Crippen MR) is 209 cm³/mol. The van der Waals surface area contributed by atoms with Crippen LogP contribution in [0.4, 0.5) is 5.69 Å². The molecule has 4 aromatic carbocycles. The zero-order valence-corrected chi connectivity index (χ0v) is 30.4. The molecule has 0 radical (unpaired) electrons. The van der Waals surface area contributed by atoms with E-state index in [1.165, 1.54) is 49.7 Å². The van der Waals surface area contributed by atoms with E-state index >= 15 is 0 Å². The molecule has 4 aliphatic rings. The van der Waals surface area contributed by atoms with Gasteiger partial charge >= 0.3 is 0 Å². The van der Waals surface area contributed by atoms with Gasteiger partial charge in [0, 0.05) is 54.5 Å². The van der Waals surface area contributed by atoms with Crippen molar-refractivity contribution in [3.63, 3.8) is 0 Å². The maximum Gasteiger partial charge on any atom is 0.227 e. The molecule has 3 nitrogen and oxygen atoms in total. The van der Waals surface area contributed by atoms with Gasteiger partial charge in [-0.2, -0.15) is 0 Å². The van der Waals surface area contributed by atoms with Gasteiger partial charge in [0.2, 0.25) is 5.91 Å². The number of rotatable bonds is 5. The van der Waals surface area contributed by atoms with E-state index in [2.05, 4.69) is 78.8 Å². The summed E-state index contributed by atoms with van der Waals surface area (Å²) in [5.41, 5.74) is 8.56. The first kappa shape index (κ1) is 35.8. The minimum atomic E-state index is 0.0944. The smallest absolute Gasteiger partial charge is 0.227 e. The van der Waals surface area contributed by atoms with Gasteiger partial charge in [0.1, 0.15) is 0 Å². The summed E-state index contributed by atoms with van der Waals surface area (Å²) >= 11 is 0. The average molecular weight is 672 g/mol. The van der Waals surface area contributed by atoms with Gasteiger partial charge in [-0.25, -0.2) is 0 Å². The summed E-state index contributed by atoms with van der Waals surface area (Å²) in [5, 5.41) is 0. The number of carbonyl (C=O) groups excluding carboxylic acids is 1. The quantitative estimate of drug-likeness (QED) is 0.198. The largest absolute Gasteiger partial charge is 0.373 e. The van der Waals surface area contributed by atoms with Gasteiger partial charge in [0.05, 0.1) is 18.3 Å². The highest BCUT2D eigenvalue weighted by molar-refractivity contribution is 5.94. The fraction of sp³-hybridized carbons (Fsp3) is 0.354. The van der Waals surface area contributed by atoms with Crippen molar-refractivity contribution < 1.29 is 9.53 Å². The second-order valence-corrected chi connectivity index (χ2v) is 13.6. The molecule has 3 heteroatoms. The summed E-state index contributed by atoms with van der Waals surface area (Å²) in [6, 6.07) is 32.5. The van der Waals surface area contributed by atoms with Gasteiger partial charge in [-0.05, 0) is 84.5 Å². The van der Waals surface area contributed by atoms with Gasteiger partial charge in [0.15, 0.2) is 0 Å². The number of ether oxygens (including phenoxy) is 1. The van der Waals surface area contributed by atoms with Crippen LogP contribution in [0.15, 0.2) is 97.1 Å². The molecule has 3 aliphatic carbocycles. The second-order valence-electron chi connectivity index (χ2n) is 13.6. The Morgan fingerprint density at radius 1 is 0.686 bits per heavy atom. The van der Waals surface area contributed by atoms with Crippen molar-refractivity contribution in [1.82, 2.24) is 0 Å². The normalized spacial score (nSPS) is 20.0. The van der Waals surface area contributed by atoms with Crippen LogP contribution in [-0.4, -0.2) is 12.5 Å². The van der Waals surface area contributed by atoms with Gasteiger partial charge in [-0.1, -0.05) is 117 Å². The van der Waals surface area contributed by atoms with E-state index in [0.717, 1.165) is 57.7 Å². The van der Waals surface area contributed by atoms with Crippen LogP contribution in [0.2, 0.25) is 0 Å². The number of para-hydroxylation sites is 1. The molecule has 1 fully saturated rings. The molecule has 2 unspecified atom stereocenters. The Morgan fingerprint density at radius 2 is 1.24 bits per heavy atom. The maximum absolute atomic E-state index is 12.3. The highest BCUT2D eigenvalue weighted by Gasteiger charge is 2.47. The first-order chi connectivity index (χ1) is 25.1. The molecule has 0 bridgehead atoms. The lowest BCUT2D eigenvalue weighted by Gasteiger charge is -2.25. The van der Waals surface area contributed by atoms with E-state index in [0.29, 0.717) is 19.6 Å². The molecule has 4 atom stereocenters. The third-order valence-corrected chi connectivity index (χ3v) is 10.4. The molecule has 1 aliphatic heterocycles. The third-order valence-electron chi connectivity index (χ3n) is 10.4. The van der Waals surface area contributed by atoms with Gasteiger partial charge in [-0.3, -0.25) is 4.79 Å². The number of benzene rings is 4. The van der Waals surface area contributed by atoms with Crippen molar-refractivity contribution >= 4 is 11.6 Å². The number of amides is 1. The Balaban J connectivity index is 0.000000136. The SMILES string of the molecule is CCC(=O)N1Cc2ccccc2C#Cc2ccccc21.CCCC1[C@H]2CCC#CCC[C@@H]12.CCOC1Cc2ccccc2C#Cc2ccccc21. The number of hydrogen-bond donors (Lipinski definition) is 0. The number of nitrogens with zero attached hydrogens (tertiary/aromatic N) is 1. The lowest BCUT2D eigenvalue weighted by molar-refractivity contribution is -0.118. The van der Waals surface area contributed by atoms with Crippen molar-refractivity contribution in [2.45, 2.75) is 84.8 Å². The van der Waals surface area contributed by atoms with E-state index in [9.17, 15) is 4.79 Å². The Bertz CT molecular complexity index is 1990. The number of anilines is 1. The third kappa shape index (κ3) is 9.02. The molecule has 4 aromatic rings. The molecule has 0 saturated heterocycles. The number of hydrogen-bond acceptors (Lipinski definition) is 2. The fourth-order valence-electron chi connectivity index (χ4n) is 7.70. The Morgan fingerprint density at radius 3 is 1.90 bits per heavy atom. The molecular formula is C48H49NO2. The van der Waals surface area contributed by atoms with Crippen molar-refractivity contribution in [1.29, 1.82) is 0 Å². The number of carbonyl (C=O) groups is 1. The van der Waals surface area contributed by atoms with Crippen LogP contribution in [0.1, 0.15) is 111 Å². The summed E-state index contributed by atoms with van der Waals surface area (Å²) in [4.78, 5) is 14.1. The molecule has 0 aromatic heterocycles. The molecule has 1 saturated carbocycles. The molecular weight excluding hydrogens is 623 g/mol. The monoisotopic (exact) mass is 671 g/mol. The van der Waals surface area contributed by atoms with Crippen LogP contribution >= 0.6 is 0 Å². The zero-order chi connectivity index (χ0) is 35.4. The molecule has 0 N–H and O–H groups in total. The summed E-state index contributed by atoms with van der Waals surface area (Å²) in [5.74, 6) is 22.8. The lowest BCUT2D eigenvalue weighted by Crippen LogP contribution is -2.31. The van der Waals surface area contributed by atoms with Crippen molar-refractivity contribution in [2.24, 2.45) is 17.8 Å². The first-order valence-electron chi connectivity index (χ1n) is 18.9. The van der Waals surface area contributed by atoms with E-state index in [4.69, 9.17) is 4.74 Å². The van der Waals surface area contributed by atoms with Crippen LogP contribution in [0.3, 0.4) is 0 Å². The number of fused-ring (bicyclic) bond motifs is 5. The summed E-state index contributed by atoms with van der Waals surface area (Å²) in [6.45, 7) is 7.53. The highest BCUT2D eigenvalue weighted by atomic mass is 16.5. The Kier molecular flexibility index (Phi) is 12.5. The molecule has 8 rings (SSSR count). The average Bonchev–Trinajstić information content (AvgIpc) is 3.79. The van der Waals surface area contributed by atoms with Crippen molar-refractivity contribution in [3.8, 4) is 35.5 Å². The van der Waals surface area contributed by atoms with Crippen molar-refractivity contribution in [3.05, 3.63) is 136 Å². The van der Waals surface area contributed by atoms with E-state index in [-0.39, 0.29) is 12.0 Å². The molecule has 51 heavy (non-hydrogen) atoms. The first-order valence-corrected chi connectivity index (χ1v) is 18.9. The summed E-state index contributed by atoms with van der Waals surface area (Å²) in [7, 11) is 0. The topological polar surface area (TPSA) is 29.5 Å². The van der Waals surface area contributed by atoms with E-state index in [1.54, 1.807) is 0 Å². The minimum Gasteiger partial charge on any atom is -0.373 e. The second kappa shape index (κ2) is 17.8. The van der Waals surface area contributed by atoms with Crippen LogP contribution in [0.25, 0.3) is 0 Å². The molecule has 1 amide bonds. The molecule has 0 spiro atoms. The van der Waals surface area contributed by atoms with Crippen LogP contribution in [0.5, 0.6) is 0 Å². The highest BCUT2D eigenvalue weighted by Crippen LogP contribution is 2.54. The van der Waals surface area contributed by atoms with Crippen LogP contribution < -0.4 is 4.90 Å². The van der Waals surface area contributed by atoms with Gasteiger partial charge < -0.3 is 9.64 Å². The maximum atomic E-state index is 12.3. The van der Waals surface area contributed by atoms with E-state index < -0.39 is 0 Å². The molecule has 1 heterocycles. The zero-order valence-electron chi connectivity index (χ0n) is 30.4. The van der Waals surface area contributed by atoms with Crippen LogP contribution in [-0.2, 0) is 22.5 Å². The Labute approximate surface area is 305 Å². The minimum absolute atomic E-state index is 0.0944. The standard InChI is InChI=1S/C18H15NO.C18H16O.C12H18/c1-2-18(20)19-13-16-9-4-3-7-14(16)11-12-15-8-5-6-10-17(15)19;1-2-19-18-13-16-9-4-3-7-14(16)11-12-15-8-5-6-10-17(15)18;1-2-7-10-11-8-5-3-4-6-9-12(10)11/h3-10H,2,13H2,1H3;3-10,18H,2,13H2,1H3;10-12H,2,5-9H2,1H3/t;;10?,11-,12+. The fourth-order valence-corrected chi connectivity index (χ4v) is 7.70. The molecule has 258 valence electrons. The summed E-state index contributed by atoms with van der Waals surface area (Å²) < 4.78 is 5.93. The van der Waals surface area contributed by atoms with Crippen LogP contribution in [0, 0.1) is 53.3 Å². The van der Waals surface area contributed by atoms with Crippen molar-refractivity contribution in [2.75, 3.05) is 11.5 Å².